The van der Waals surface area contributed by atoms with Crippen LogP contribution < -0.4 is 29.6 Å². The van der Waals surface area contributed by atoms with Gasteiger partial charge in [0, 0.05) is 23.6 Å². The molecule has 0 aliphatic rings. The molecule has 0 aromatic rings. The van der Waals surface area contributed by atoms with E-state index in [2.05, 4.69) is 32.6 Å². The van der Waals surface area contributed by atoms with E-state index in [4.69, 9.17) is 40.2 Å². The molecule has 0 N–H and O–H groups in total. The van der Waals surface area contributed by atoms with Crippen LogP contribution in [0.1, 0.15) is 0 Å². The number of nitrogens with zero attached hydrogens (tertiary/aromatic N) is 4. The molecule has 0 saturated carbocycles. The van der Waals surface area contributed by atoms with E-state index < -0.39 is 10.2 Å². The topological polar surface area (TPSA) is 191 Å². The summed E-state index contributed by atoms with van der Waals surface area (Å²) in [5.41, 5.74) is 0. The third-order valence-electron chi connectivity index (χ3n) is 0.0690. The monoisotopic (exact) mass is 408 g/mol. The Morgan fingerprint density at radius 1 is 0.833 bits per heavy atom. The summed E-state index contributed by atoms with van der Waals surface area (Å²) in [6.07, 6.45) is 2.14. The first-order valence-electron chi connectivity index (χ1n) is 2.29. The molecule has 102 valence electrons. The molecule has 16 heteroatoms. The zero-order chi connectivity index (χ0) is 14.0. The Balaban J connectivity index is -0.0000000257. The second-order valence-electron chi connectivity index (χ2n) is 0.799. The van der Waals surface area contributed by atoms with Gasteiger partial charge in [-0.25, -0.2) is 9.59 Å². The van der Waals surface area contributed by atoms with Gasteiger partial charge in [0.25, 0.3) is 12.2 Å². The molecule has 12 nitrogen and oxygen atoms in total. The molecular formula is C2AgCl2N4NaO8. The largest absolute Gasteiger partial charge is 1.00 e. The average molecular weight is 410 g/mol. The summed E-state index contributed by atoms with van der Waals surface area (Å²) < 4.78 is 4.81. The van der Waals surface area contributed by atoms with Crippen molar-refractivity contribution in [2.75, 3.05) is 0 Å². The molecule has 0 aliphatic carbocycles. The van der Waals surface area contributed by atoms with Crippen molar-refractivity contribution in [1.82, 2.24) is 0 Å². The zero-order valence-corrected chi connectivity index (χ0v) is 13.1. The maximum absolute atomic E-state index is 8.75. The normalized spacial score (nSPS) is 4.56. The summed E-state index contributed by atoms with van der Waals surface area (Å²) in [6, 6.07) is 0. The van der Waals surface area contributed by atoms with Gasteiger partial charge in [-0.05, 0) is 0 Å². The fourth-order valence-electron chi connectivity index (χ4n) is 0. The number of carbonyl (C=O) groups excluding carboxylic acids is 2. The van der Waals surface area contributed by atoms with Crippen LogP contribution in [0.5, 0.6) is 0 Å². The van der Waals surface area contributed by atoms with Gasteiger partial charge in [0.15, 0.2) is 0 Å². The molecule has 18 heavy (non-hydrogen) atoms. The Morgan fingerprint density at radius 2 is 0.889 bits per heavy atom. The summed E-state index contributed by atoms with van der Waals surface area (Å²) in [5, 5.41) is 29.5. The van der Waals surface area contributed by atoms with Gasteiger partial charge in [-0.1, -0.05) is 9.02 Å². The molecule has 0 radical (unpaired) electrons. The van der Waals surface area contributed by atoms with Gasteiger partial charge in [0.2, 0.25) is 0 Å². The van der Waals surface area contributed by atoms with Crippen molar-refractivity contribution >= 4 is 35.7 Å². The average Bonchev–Trinajstić information content (AvgIpc) is 2.16. The molecule has 0 bridgehead atoms. The molecule has 0 amide bonds. The summed E-state index contributed by atoms with van der Waals surface area (Å²) >= 11 is 8.77. The fraction of sp³-hybridized carbons (Fsp3) is 0. The number of isocyanates is 2. The van der Waals surface area contributed by atoms with Gasteiger partial charge < -0.3 is 30.6 Å². The van der Waals surface area contributed by atoms with Crippen LogP contribution in [0, 0.1) is 30.6 Å². The molecule has 0 unspecified atom stereocenters. The minimum atomic E-state index is -1.75. The molecule has 0 aromatic carbocycles. The van der Waals surface area contributed by atoms with Crippen molar-refractivity contribution in [2.45, 2.75) is 0 Å². The Labute approximate surface area is 146 Å². The molecule has 0 aliphatic heterocycles. The van der Waals surface area contributed by atoms with Crippen molar-refractivity contribution in [3.63, 3.8) is 0 Å². The maximum atomic E-state index is 8.75. The van der Waals surface area contributed by atoms with Gasteiger partial charge in [0.1, 0.15) is 0 Å². The summed E-state index contributed by atoms with van der Waals surface area (Å²) in [6.45, 7) is 0. The van der Waals surface area contributed by atoms with Crippen LogP contribution in [0.2, 0.25) is 0 Å². The first-order valence-corrected chi connectivity index (χ1v) is 2.97. The zero-order valence-electron chi connectivity index (χ0n) is 8.11. The predicted molar refractivity (Wildman–Crippen MR) is 48.7 cm³/mol. The summed E-state index contributed by atoms with van der Waals surface area (Å²) in [5.74, 6) is 0. The van der Waals surface area contributed by atoms with Gasteiger partial charge in [-0.15, -0.1) is 0 Å². The van der Waals surface area contributed by atoms with E-state index in [1.54, 1.807) is 0 Å². The van der Waals surface area contributed by atoms with Crippen LogP contribution in [0.15, 0.2) is 9.02 Å². The predicted octanol–water partition coefficient (Wildman–Crippen LogP) is -2.52. The van der Waals surface area contributed by atoms with Crippen molar-refractivity contribution < 1.29 is 71.7 Å². The minimum Gasteiger partial charge on any atom is -0.356 e. The Bertz CT molecular complexity index is 244. The number of halogens is 2. The Hall–Kier alpha value is -0.520. The quantitative estimate of drug-likeness (QED) is 0.137. The molecule has 0 saturated heterocycles. The summed E-state index contributed by atoms with van der Waals surface area (Å²) in [7, 11) is 0. The standard InChI is InChI=1S/2CClNO.Ag.2NO3.Na/c2*2-3-1-4;;2*2-1(3)4;/q;;+1;2*-1;+1. The first kappa shape index (κ1) is 36.0. The fourth-order valence-corrected chi connectivity index (χ4v) is 0. The van der Waals surface area contributed by atoms with E-state index in [9.17, 15) is 0 Å². The first-order chi connectivity index (χ1) is 7.29. The van der Waals surface area contributed by atoms with Gasteiger partial charge in [-0.3, -0.25) is 0 Å². The van der Waals surface area contributed by atoms with Gasteiger partial charge >= 0.3 is 51.9 Å². The number of hydrogen-bond acceptors (Lipinski definition) is 10. The third kappa shape index (κ3) is 1480. The van der Waals surface area contributed by atoms with Gasteiger partial charge in [-0.2, -0.15) is 0 Å². The van der Waals surface area contributed by atoms with Crippen LogP contribution in [0.25, 0.3) is 0 Å². The second-order valence-corrected chi connectivity index (χ2v) is 1.14. The van der Waals surface area contributed by atoms with Crippen molar-refractivity contribution in [1.29, 1.82) is 0 Å². The minimum absolute atomic E-state index is 0. The number of rotatable bonds is 0. The Kier molecular flexibility index (Phi) is 87.9. The molecule has 0 aromatic heterocycles. The van der Waals surface area contributed by atoms with Crippen LogP contribution in [0.4, 0.5) is 0 Å². The van der Waals surface area contributed by atoms with Crippen LogP contribution in [-0.4, -0.2) is 22.3 Å². The van der Waals surface area contributed by atoms with Crippen molar-refractivity contribution in [2.24, 2.45) is 9.02 Å². The van der Waals surface area contributed by atoms with E-state index >= 15 is 0 Å². The SMILES string of the molecule is O=C=NCl.O=C=NCl.O=[N+]([O-])[O-].O=[N+]([O-])[O-].[Ag+].[Na+]. The van der Waals surface area contributed by atoms with E-state index in [0.717, 1.165) is 12.2 Å². The van der Waals surface area contributed by atoms with Crippen LogP contribution in [-0.2, 0) is 32.0 Å². The maximum Gasteiger partial charge on any atom is 1.00 e. The number of hydrogen-bond donors (Lipinski definition) is 0. The smallest absolute Gasteiger partial charge is 0.356 e. The summed E-state index contributed by atoms with van der Waals surface area (Å²) in [4.78, 5) is 34.0. The molecule has 0 fully saturated rings. The van der Waals surface area contributed by atoms with E-state index in [1.165, 1.54) is 0 Å². The van der Waals surface area contributed by atoms with E-state index in [0.29, 0.717) is 0 Å². The van der Waals surface area contributed by atoms with Crippen molar-refractivity contribution in [3.8, 4) is 0 Å². The molecule has 0 rings (SSSR count). The van der Waals surface area contributed by atoms with Gasteiger partial charge in [0.05, 0.1) is 10.2 Å². The van der Waals surface area contributed by atoms with E-state index in [1.807, 2.05) is 0 Å². The van der Waals surface area contributed by atoms with Crippen LogP contribution >= 0.6 is 23.6 Å². The van der Waals surface area contributed by atoms with Crippen LogP contribution in [0.3, 0.4) is 0 Å². The molecular weight excluding hydrogens is 410 g/mol. The Morgan fingerprint density at radius 3 is 0.889 bits per heavy atom. The molecule has 0 spiro atoms. The molecule has 0 heterocycles. The molecule has 0 atom stereocenters. The van der Waals surface area contributed by atoms with E-state index in [-0.39, 0.29) is 51.9 Å². The van der Waals surface area contributed by atoms with Crippen molar-refractivity contribution in [3.05, 3.63) is 30.6 Å². The third-order valence-corrected chi connectivity index (χ3v) is 0.207. The second kappa shape index (κ2) is 43.9.